The Morgan fingerprint density at radius 3 is 1.76 bits per heavy atom. The molecule has 11 rings (SSSR count). The van der Waals surface area contributed by atoms with Crippen LogP contribution in [0.2, 0.25) is 0 Å². The number of thiophene rings is 1. The molecule has 0 aliphatic carbocycles. The van der Waals surface area contributed by atoms with E-state index in [1.165, 1.54) is 37.7 Å². The molecular formula is C50H30N2OS. The molecule has 0 bridgehead atoms. The van der Waals surface area contributed by atoms with Crippen molar-refractivity contribution in [3.63, 3.8) is 0 Å². The molecule has 0 atom stereocenters. The van der Waals surface area contributed by atoms with Gasteiger partial charge in [0.05, 0.1) is 15.9 Å². The van der Waals surface area contributed by atoms with Crippen LogP contribution in [0, 0.1) is 0 Å². The lowest BCUT2D eigenvalue weighted by molar-refractivity contribution is 0.669. The Morgan fingerprint density at radius 1 is 0.407 bits per heavy atom. The highest BCUT2D eigenvalue weighted by atomic mass is 32.1. The lowest BCUT2D eigenvalue weighted by atomic mass is 9.96. The van der Waals surface area contributed by atoms with E-state index in [4.69, 9.17) is 14.4 Å². The van der Waals surface area contributed by atoms with Gasteiger partial charge in [0.1, 0.15) is 11.2 Å². The van der Waals surface area contributed by atoms with Crippen LogP contribution >= 0.6 is 11.3 Å². The predicted octanol–water partition coefficient (Wildman–Crippen LogP) is 14.2. The first-order valence-corrected chi connectivity index (χ1v) is 19.0. The normalized spacial score (nSPS) is 11.7. The summed E-state index contributed by atoms with van der Waals surface area (Å²) in [6, 6.07) is 64.4. The third kappa shape index (κ3) is 5.11. The topological polar surface area (TPSA) is 38.9 Å². The molecule has 3 heterocycles. The van der Waals surface area contributed by atoms with Gasteiger partial charge in [-0.25, -0.2) is 9.97 Å². The number of fused-ring (bicyclic) bond motifs is 7. The Bertz CT molecular complexity index is 3200. The maximum atomic E-state index is 6.49. The van der Waals surface area contributed by atoms with E-state index in [9.17, 15) is 0 Å². The largest absolute Gasteiger partial charge is 0.456 e. The van der Waals surface area contributed by atoms with Gasteiger partial charge in [-0.15, -0.1) is 11.3 Å². The molecule has 0 radical (unpaired) electrons. The minimum Gasteiger partial charge on any atom is -0.456 e. The molecule has 8 aromatic carbocycles. The number of furan rings is 1. The molecule has 252 valence electrons. The van der Waals surface area contributed by atoms with E-state index in [2.05, 4.69) is 164 Å². The standard InChI is InChI=1S/C50H30N2OS/c1-3-10-31(11-4-1)33-18-20-34(21-19-33)47-49-48(40-14-7-8-17-45(40)54-49)52-50(51-47)41-15-9-16-44-46(41)42-30-39(26-27-43(42)53-44)38-25-24-36-28-35(22-23-37(36)29-38)32-12-5-2-6-13-32/h1-30H. The lowest BCUT2D eigenvalue weighted by Crippen LogP contribution is -1.94. The molecule has 0 amide bonds. The van der Waals surface area contributed by atoms with Gasteiger partial charge in [-0.3, -0.25) is 0 Å². The SMILES string of the molecule is c1ccc(-c2ccc(-c3nc(-c4cccc5oc6ccc(-c7ccc8cc(-c9ccccc9)ccc8c7)cc6c45)nc4c3sc3ccccc34)cc2)cc1. The van der Waals surface area contributed by atoms with Crippen LogP contribution in [-0.2, 0) is 0 Å². The van der Waals surface area contributed by atoms with Crippen LogP contribution in [0.1, 0.15) is 0 Å². The molecule has 3 aromatic heterocycles. The van der Waals surface area contributed by atoms with E-state index >= 15 is 0 Å². The Morgan fingerprint density at radius 2 is 1.00 bits per heavy atom. The van der Waals surface area contributed by atoms with Crippen LogP contribution in [-0.4, -0.2) is 9.97 Å². The summed E-state index contributed by atoms with van der Waals surface area (Å²) in [5.41, 5.74) is 12.7. The molecule has 54 heavy (non-hydrogen) atoms. The van der Waals surface area contributed by atoms with Crippen molar-refractivity contribution < 1.29 is 4.42 Å². The summed E-state index contributed by atoms with van der Waals surface area (Å²) < 4.78 is 8.78. The second kappa shape index (κ2) is 12.4. The fraction of sp³-hybridized carbons (Fsp3) is 0. The Labute approximate surface area is 315 Å². The van der Waals surface area contributed by atoms with Crippen molar-refractivity contribution in [2.75, 3.05) is 0 Å². The molecular weight excluding hydrogens is 677 g/mol. The highest BCUT2D eigenvalue weighted by Gasteiger charge is 2.20. The van der Waals surface area contributed by atoms with Crippen molar-refractivity contribution in [3.05, 3.63) is 182 Å². The lowest BCUT2D eigenvalue weighted by Gasteiger charge is -2.09. The number of rotatable bonds is 5. The Hall–Kier alpha value is -6.88. The monoisotopic (exact) mass is 706 g/mol. The van der Waals surface area contributed by atoms with Gasteiger partial charge in [-0.1, -0.05) is 146 Å². The first-order chi connectivity index (χ1) is 26.7. The maximum absolute atomic E-state index is 6.49. The van der Waals surface area contributed by atoms with Crippen molar-refractivity contribution in [1.82, 2.24) is 9.97 Å². The zero-order chi connectivity index (χ0) is 35.6. The summed E-state index contributed by atoms with van der Waals surface area (Å²) in [5, 5.41) is 5.63. The second-order valence-electron chi connectivity index (χ2n) is 13.7. The number of aromatic nitrogens is 2. The summed E-state index contributed by atoms with van der Waals surface area (Å²) in [7, 11) is 0. The summed E-state index contributed by atoms with van der Waals surface area (Å²) in [6.45, 7) is 0. The molecule has 0 unspecified atom stereocenters. The van der Waals surface area contributed by atoms with Crippen molar-refractivity contribution in [3.8, 4) is 56.0 Å². The maximum Gasteiger partial charge on any atom is 0.161 e. The van der Waals surface area contributed by atoms with Gasteiger partial charge in [-0.05, 0) is 80.6 Å². The molecule has 0 spiro atoms. The van der Waals surface area contributed by atoms with E-state index in [-0.39, 0.29) is 0 Å². The third-order valence-electron chi connectivity index (χ3n) is 10.5. The van der Waals surface area contributed by atoms with Crippen molar-refractivity contribution in [2.24, 2.45) is 0 Å². The molecule has 0 saturated heterocycles. The second-order valence-corrected chi connectivity index (χ2v) is 14.8. The average molecular weight is 707 g/mol. The minimum absolute atomic E-state index is 0.687. The quantitative estimate of drug-likeness (QED) is 0.179. The molecule has 0 aliphatic rings. The Balaban J connectivity index is 1.06. The van der Waals surface area contributed by atoms with Crippen LogP contribution in [0.25, 0.3) is 109 Å². The summed E-state index contributed by atoms with van der Waals surface area (Å²) >= 11 is 1.75. The highest BCUT2D eigenvalue weighted by molar-refractivity contribution is 7.26. The van der Waals surface area contributed by atoms with Crippen molar-refractivity contribution in [1.29, 1.82) is 0 Å². The summed E-state index contributed by atoms with van der Waals surface area (Å²) in [5.74, 6) is 0.687. The highest BCUT2D eigenvalue weighted by Crippen LogP contribution is 2.43. The van der Waals surface area contributed by atoms with E-state index < -0.39 is 0 Å². The Kier molecular flexibility index (Phi) is 7.04. The van der Waals surface area contributed by atoms with Gasteiger partial charge in [0, 0.05) is 32.0 Å². The van der Waals surface area contributed by atoms with Crippen molar-refractivity contribution in [2.45, 2.75) is 0 Å². The van der Waals surface area contributed by atoms with Gasteiger partial charge in [0.2, 0.25) is 0 Å². The molecule has 0 N–H and O–H groups in total. The van der Waals surface area contributed by atoms with Gasteiger partial charge in [0.25, 0.3) is 0 Å². The summed E-state index contributed by atoms with van der Waals surface area (Å²) in [6.07, 6.45) is 0. The fourth-order valence-electron chi connectivity index (χ4n) is 7.79. The van der Waals surface area contributed by atoms with Crippen LogP contribution in [0.3, 0.4) is 0 Å². The van der Waals surface area contributed by atoms with Crippen molar-refractivity contribution >= 4 is 64.4 Å². The van der Waals surface area contributed by atoms with Crippen LogP contribution in [0.15, 0.2) is 186 Å². The van der Waals surface area contributed by atoms with E-state index in [1.807, 2.05) is 18.2 Å². The van der Waals surface area contributed by atoms with Crippen LogP contribution < -0.4 is 0 Å². The predicted molar refractivity (Wildman–Crippen MR) is 227 cm³/mol. The first kappa shape index (κ1) is 30.7. The molecule has 11 aromatic rings. The zero-order valence-electron chi connectivity index (χ0n) is 29.0. The number of hydrogen-bond donors (Lipinski definition) is 0. The van der Waals surface area contributed by atoms with Gasteiger partial charge in [-0.2, -0.15) is 0 Å². The minimum atomic E-state index is 0.687. The molecule has 0 fully saturated rings. The first-order valence-electron chi connectivity index (χ1n) is 18.1. The number of benzene rings is 8. The fourth-order valence-corrected chi connectivity index (χ4v) is 8.94. The smallest absolute Gasteiger partial charge is 0.161 e. The van der Waals surface area contributed by atoms with E-state index in [0.29, 0.717) is 5.82 Å². The number of hydrogen-bond acceptors (Lipinski definition) is 4. The van der Waals surface area contributed by atoms with E-state index in [1.54, 1.807) is 11.3 Å². The molecule has 4 heteroatoms. The number of nitrogens with zero attached hydrogens (tertiary/aromatic N) is 2. The average Bonchev–Trinajstić information content (AvgIpc) is 3.82. The van der Waals surface area contributed by atoms with Gasteiger partial charge in [0.15, 0.2) is 5.82 Å². The van der Waals surface area contributed by atoms with Crippen LogP contribution in [0.4, 0.5) is 0 Å². The molecule has 0 aliphatic heterocycles. The summed E-state index contributed by atoms with van der Waals surface area (Å²) in [4.78, 5) is 10.7. The van der Waals surface area contributed by atoms with Gasteiger partial charge >= 0.3 is 0 Å². The third-order valence-corrected chi connectivity index (χ3v) is 11.7. The van der Waals surface area contributed by atoms with Gasteiger partial charge < -0.3 is 4.42 Å². The zero-order valence-corrected chi connectivity index (χ0v) is 29.8. The molecule has 0 saturated carbocycles. The molecule has 3 nitrogen and oxygen atoms in total. The van der Waals surface area contributed by atoms with E-state index in [0.717, 1.165) is 65.5 Å². The van der Waals surface area contributed by atoms with Crippen LogP contribution in [0.5, 0.6) is 0 Å².